The summed E-state index contributed by atoms with van der Waals surface area (Å²) >= 11 is 0. The van der Waals surface area contributed by atoms with Crippen LogP contribution in [0.15, 0.2) is 48.5 Å². The molecule has 3 aromatic rings. The minimum atomic E-state index is -0.766. The third kappa shape index (κ3) is 11.4. The number of ether oxygens (including phenoxy) is 2. The number of hydrogen-bond acceptors (Lipinski definition) is 8. The summed E-state index contributed by atoms with van der Waals surface area (Å²) in [6.45, 7) is 13.5. The zero-order valence-corrected chi connectivity index (χ0v) is 26.4. The van der Waals surface area contributed by atoms with Gasteiger partial charge in [0.2, 0.25) is 0 Å². The number of nitrogens with one attached hydrogen (secondary N) is 2. The van der Waals surface area contributed by atoms with Gasteiger partial charge in [0, 0.05) is 36.0 Å². The number of unbranched alkanes of at least 4 members (excludes halogenated alkanes) is 1. The first-order valence-electron chi connectivity index (χ1n) is 15.0. The van der Waals surface area contributed by atoms with Crippen molar-refractivity contribution in [2.75, 3.05) is 32.7 Å². The molecule has 1 aromatic heterocycles. The molecule has 0 saturated carbocycles. The van der Waals surface area contributed by atoms with Gasteiger partial charge in [0.05, 0.1) is 17.1 Å². The van der Waals surface area contributed by atoms with E-state index in [9.17, 15) is 14.4 Å². The van der Waals surface area contributed by atoms with Crippen molar-refractivity contribution in [1.29, 1.82) is 0 Å². The molecule has 10 nitrogen and oxygen atoms in total. The van der Waals surface area contributed by atoms with Crippen LogP contribution in [0.2, 0.25) is 0 Å². The number of fused-ring (bicyclic) bond motifs is 2. The Hall–Kier alpha value is -3.76. The molecule has 2 amide bonds. The number of nitrogens with two attached hydrogens (primary N) is 1. The van der Waals surface area contributed by atoms with E-state index in [0.29, 0.717) is 50.2 Å². The van der Waals surface area contributed by atoms with Gasteiger partial charge in [-0.3, -0.25) is 4.79 Å². The Balaban J connectivity index is 1.63. The zero-order valence-electron chi connectivity index (χ0n) is 26.4. The summed E-state index contributed by atoms with van der Waals surface area (Å²) in [6, 6.07) is 14.7. The van der Waals surface area contributed by atoms with Crippen LogP contribution in [0.3, 0.4) is 0 Å². The standard InChI is InChI=1S/C33H47N5O5/c1-32(2,3)42-30(40)35-17-9-10-19-38(20-12-18-36-31(41)43-33(4,5)6)22-26(34)29(39)25-15-11-14-24-21-23-13-7-8-16-27(23)37-28(24)25/h7-8,11,13-16,21,26H,9-10,12,17-20,22,34H2,1-6H3,(H,35,40)(H,36,41). The number of Topliss-reactive ketones (excluding diaryl/α,β-unsaturated/α-hetero) is 1. The number of benzene rings is 2. The smallest absolute Gasteiger partial charge is 0.407 e. The largest absolute Gasteiger partial charge is 0.444 e. The highest BCUT2D eigenvalue weighted by atomic mass is 16.6. The van der Waals surface area contributed by atoms with Gasteiger partial charge in [-0.15, -0.1) is 0 Å². The van der Waals surface area contributed by atoms with E-state index in [-0.39, 0.29) is 5.78 Å². The molecule has 3 rings (SSSR count). The van der Waals surface area contributed by atoms with Crippen LogP contribution in [-0.2, 0) is 9.47 Å². The molecule has 2 aromatic carbocycles. The van der Waals surface area contributed by atoms with Gasteiger partial charge in [-0.1, -0.05) is 30.3 Å². The molecule has 1 atom stereocenters. The van der Waals surface area contributed by atoms with E-state index in [0.717, 1.165) is 29.1 Å². The van der Waals surface area contributed by atoms with Crippen LogP contribution in [0, 0.1) is 0 Å². The van der Waals surface area contributed by atoms with Gasteiger partial charge in [-0.25, -0.2) is 14.6 Å². The molecule has 0 aliphatic heterocycles. The van der Waals surface area contributed by atoms with E-state index < -0.39 is 29.4 Å². The number of hydrogen-bond donors (Lipinski definition) is 3. The Morgan fingerprint density at radius 3 is 2.05 bits per heavy atom. The molecule has 0 saturated heterocycles. The average Bonchev–Trinajstić information content (AvgIpc) is 2.91. The molecule has 0 spiro atoms. The molecule has 0 fully saturated rings. The lowest BCUT2D eigenvalue weighted by molar-refractivity contribution is 0.0513. The van der Waals surface area contributed by atoms with E-state index in [1.807, 2.05) is 84.0 Å². The second-order valence-corrected chi connectivity index (χ2v) is 12.7. The summed E-state index contributed by atoms with van der Waals surface area (Å²) in [5, 5.41) is 7.46. The topological polar surface area (TPSA) is 136 Å². The highest BCUT2D eigenvalue weighted by molar-refractivity contribution is 6.10. The molecule has 0 aliphatic carbocycles. The Morgan fingerprint density at radius 1 is 0.814 bits per heavy atom. The molecule has 1 heterocycles. The van der Waals surface area contributed by atoms with Crippen LogP contribution < -0.4 is 16.4 Å². The lowest BCUT2D eigenvalue weighted by Gasteiger charge is -2.26. The number of amides is 2. The fraction of sp³-hybridized carbons (Fsp3) is 0.515. The molecule has 234 valence electrons. The number of nitrogens with zero attached hydrogens (tertiary/aromatic N) is 2. The van der Waals surface area contributed by atoms with E-state index >= 15 is 0 Å². The highest BCUT2D eigenvalue weighted by Crippen LogP contribution is 2.23. The predicted octanol–water partition coefficient (Wildman–Crippen LogP) is 5.42. The average molecular weight is 594 g/mol. The number of ketones is 1. The van der Waals surface area contributed by atoms with E-state index in [4.69, 9.17) is 20.2 Å². The number of para-hydroxylation sites is 2. The normalized spacial score (nSPS) is 12.7. The lowest BCUT2D eigenvalue weighted by atomic mass is 9.99. The summed E-state index contributed by atoms with van der Waals surface area (Å²) in [6.07, 6.45) is 1.25. The summed E-state index contributed by atoms with van der Waals surface area (Å²) in [4.78, 5) is 44.5. The molecule has 0 bridgehead atoms. The van der Waals surface area contributed by atoms with Gasteiger partial charge in [0.15, 0.2) is 5.78 Å². The van der Waals surface area contributed by atoms with Gasteiger partial charge < -0.3 is 30.7 Å². The van der Waals surface area contributed by atoms with Gasteiger partial charge in [0.1, 0.15) is 11.2 Å². The Bertz CT molecular complexity index is 1400. The van der Waals surface area contributed by atoms with Crippen LogP contribution in [0.4, 0.5) is 9.59 Å². The number of carbonyl (C=O) groups is 3. The highest BCUT2D eigenvalue weighted by Gasteiger charge is 2.22. The molecular weight excluding hydrogens is 546 g/mol. The monoisotopic (exact) mass is 593 g/mol. The first kappa shape index (κ1) is 33.7. The summed E-state index contributed by atoms with van der Waals surface area (Å²) < 4.78 is 10.6. The van der Waals surface area contributed by atoms with Crippen molar-refractivity contribution >= 4 is 39.8 Å². The number of aromatic nitrogens is 1. The van der Waals surface area contributed by atoms with Crippen molar-refractivity contribution in [3.05, 3.63) is 54.1 Å². The second kappa shape index (κ2) is 15.1. The van der Waals surface area contributed by atoms with E-state index in [1.165, 1.54) is 0 Å². The van der Waals surface area contributed by atoms with Crippen LogP contribution in [0.5, 0.6) is 0 Å². The Kier molecular flexibility index (Phi) is 11.9. The Labute approximate surface area is 254 Å². The van der Waals surface area contributed by atoms with Crippen molar-refractivity contribution in [2.24, 2.45) is 5.73 Å². The number of carbonyl (C=O) groups excluding carboxylic acids is 3. The third-order valence-corrected chi connectivity index (χ3v) is 6.49. The first-order valence-corrected chi connectivity index (χ1v) is 15.0. The molecule has 4 N–H and O–H groups in total. The molecule has 10 heteroatoms. The maximum Gasteiger partial charge on any atom is 0.407 e. The van der Waals surface area contributed by atoms with Crippen molar-refractivity contribution < 1.29 is 23.9 Å². The number of rotatable bonds is 13. The molecule has 43 heavy (non-hydrogen) atoms. The summed E-state index contributed by atoms with van der Waals surface area (Å²) in [5.41, 5.74) is 7.37. The van der Waals surface area contributed by atoms with Crippen molar-refractivity contribution in [1.82, 2.24) is 20.5 Å². The predicted molar refractivity (Wildman–Crippen MR) is 170 cm³/mol. The van der Waals surface area contributed by atoms with Crippen LogP contribution in [0.1, 0.15) is 71.2 Å². The number of alkyl carbamates (subject to hydrolysis) is 2. The summed E-state index contributed by atoms with van der Waals surface area (Å²) in [5.74, 6) is -0.170. The van der Waals surface area contributed by atoms with Crippen molar-refractivity contribution in [2.45, 2.75) is 78.0 Å². The van der Waals surface area contributed by atoms with Crippen molar-refractivity contribution in [3.8, 4) is 0 Å². The summed E-state index contributed by atoms with van der Waals surface area (Å²) in [7, 11) is 0. The minimum Gasteiger partial charge on any atom is -0.444 e. The van der Waals surface area contributed by atoms with Crippen LogP contribution in [-0.4, -0.2) is 77.8 Å². The van der Waals surface area contributed by atoms with Crippen LogP contribution >= 0.6 is 0 Å². The maximum absolute atomic E-state index is 13.6. The maximum atomic E-state index is 13.6. The molecule has 0 aliphatic rings. The van der Waals surface area contributed by atoms with Crippen molar-refractivity contribution in [3.63, 3.8) is 0 Å². The molecule has 0 radical (unpaired) electrons. The second-order valence-electron chi connectivity index (χ2n) is 12.7. The first-order chi connectivity index (χ1) is 20.2. The van der Waals surface area contributed by atoms with Gasteiger partial charge in [0.25, 0.3) is 0 Å². The van der Waals surface area contributed by atoms with Crippen LogP contribution in [0.25, 0.3) is 21.8 Å². The fourth-order valence-electron chi connectivity index (χ4n) is 4.63. The fourth-order valence-corrected chi connectivity index (χ4v) is 4.63. The SMILES string of the molecule is CC(C)(C)OC(=O)NCCCCN(CCCNC(=O)OC(C)(C)C)CC(N)C(=O)c1cccc2cc3ccccc3nc12. The third-order valence-electron chi connectivity index (χ3n) is 6.49. The lowest BCUT2D eigenvalue weighted by Crippen LogP contribution is -2.44. The molecular formula is C33H47N5O5. The minimum absolute atomic E-state index is 0.170. The van der Waals surface area contributed by atoms with Gasteiger partial charge >= 0.3 is 12.2 Å². The Morgan fingerprint density at radius 2 is 1.40 bits per heavy atom. The molecule has 1 unspecified atom stereocenters. The van der Waals surface area contributed by atoms with E-state index in [1.54, 1.807) is 6.07 Å². The van der Waals surface area contributed by atoms with Gasteiger partial charge in [-0.2, -0.15) is 0 Å². The zero-order chi connectivity index (χ0) is 31.6. The van der Waals surface area contributed by atoms with Gasteiger partial charge in [-0.05, 0) is 92.1 Å². The van der Waals surface area contributed by atoms with E-state index in [2.05, 4.69) is 15.5 Å². The quantitative estimate of drug-likeness (QED) is 0.136. The number of pyridine rings is 1.